The molecule has 2 heteroatoms. The summed E-state index contributed by atoms with van der Waals surface area (Å²) in [5.74, 6) is 2.59. The fourth-order valence-electron chi connectivity index (χ4n) is 1.26. The van der Waals surface area contributed by atoms with Crippen LogP contribution >= 0.6 is 0 Å². The molecule has 0 saturated heterocycles. The molecule has 14 heavy (non-hydrogen) atoms. The molecule has 0 radical (unpaired) electrons. The minimum atomic E-state index is -0.452. The van der Waals surface area contributed by atoms with Gasteiger partial charge in [-0.2, -0.15) is 0 Å². The van der Waals surface area contributed by atoms with Crippen molar-refractivity contribution in [3.63, 3.8) is 0 Å². The molecule has 1 atom stereocenters. The first-order chi connectivity index (χ1) is 6.66. The lowest BCUT2D eigenvalue weighted by atomic mass is 9.94. The Balaban J connectivity index is 3.12. The molecule has 1 unspecified atom stereocenters. The highest BCUT2D eigenvalue weighted by atomic mass is 16.5. The maximum absolute atomic E-state index is 5.66. The van der Waals surface area contributed by atoms with E-state index in [0.29, 0.717) is 6.54 Å². The van der Waals surface area contributed by atoms with Crippen LogP contribution in [0, 0.1) is 12.3 Å². The molecule has 0 fully saturated rings. The second-order valence-corrected chi connectivity index (χ2v) is 3.36. The normalized spacial score (nSPS) is 14.4. The molecule has 0 aromatic heterocycles. The van der Waals surface area contributed by atoms with Gasteiger partial charge in [0.1, 0.15) is 5.60 Å². The van der Waals surface area contributed by atoms with E-state index in [0.717, 1.165) is 11.1 Å². The minimum Gasteiger partial charge on any atom is -0.372 e. The first-order valence-corrected chi connectivity index (χ1v) is 4.48. The molecular weight excluding hydrogens is 174 g/mol. The van der Waals surface area contributed by atoms with Crippen LogP contribution in [0.1, 0.15) is 18.1 Å². The molecular formula is C12H15NO. The first-order valence-electron chi connectivity index (χ1n) is 4.48. The van der Waals surface area contributed by atoms with Crippen LogP contribution < -0.4 is 5.73 Å². The molecule has 2 N–H and O–H groups in total. The highest BCUT2D eigenvalue weighted by Gasteiger charge is 2.23. The van der Waals surface area contributed by atoms with Gasteiger partial charge < -0.3 is 10.5 Å². The highest BCUT2D eigenvalue weighted by Crippen LogP contribution is 2.23. The monoisotopic (exact) mass is 189 g/mol. The maximum Gasteiger partial charge on any atom is 0.102 e. The van der Waals surface area contributed by atoms with Gasteiger partial charge in [0.25, 0.3) is 0 Å². The van der Waals surface area contributed by atoms with Crippen molar-refractivity contribution >= 4 is 0 Å². The van der Waals surface area contributed by atoms with Gasteiger partial charge in [0, 0.05) is 19.2 Å². The van der Waals surface area contributed by atoms with E-state index >= 15 is 0 Å². The summed E-state index contributed by atoms with van der Waals surface area (Å²) in [5.41, 5.74) is 7.07. The van der Waals surface area contributed by atoms with Crippen LogP contribution in [0.4, 0.5) is 0 Å². The number of hydrogen-bond donors (Lipinski definition) is 1. The second kappa shape index (κ2) is 4.28. The molecule has 0 amide bonds. The van der Waals surface area contributed by atoms with Crippen molar-refractivity contribution in [1.82, 2.24) is 0 Å². The van der Waals surface area contributed by atoms with Crippen molar-refractivity contribution in [2.24, 2.45) is 5.73 Å². The van der Waals surface area contributed by atoms with Crippen LogP contribution in [0.2, 0.25) is 0 Å². The SMILES string of the molecule is C#Cc1cccc(C(C)(CN)OC)c1. The summed E-state index contributed by atoms with van der Waals surface area (Å²) in [7, 11) is 1.65. The van der Waals surface area contributed by atoms with E-state index in [9.17, 15) is 0 Å². The Bertz CT molecular complexity index is 348. The Labute approximate surface area is 85.1 Å². The molecule has 1 rings (SSSR count). The van der Waals surface area contributed by atoms with E-state index in [1.54, 1.807) is 7.11 Å². The number of rotatable bonds is 3. The van der Waals surface area contributed by atoms with Gasteiger partial charge in [0.2, 0.25) is 0 Å². The van der Waals surface area contributed by atoms with Gasteiger partial charge in [0.15, 0.2) is 0 Å². The molecule has 0 aliphatic rings. The Morgan fingerprint density at radius 2 is 2.29 bits per heavy atom. The lowest BCUT2D eigenvalue weighted by Crippen LogP contribution is -2.33. The maximum atomic E-state index is 5.66. The zero-order chi connectivity index (χ0) is 10.6. The van der Waals surface area contributed by atoms with Crippen LogP contribution in [0.25, 0.3) is 0 Å². The lowest BCUT2D eigenvalue weighted by Gasteiger charge is -2.27. The zero-order valence-corrected chi connectivity index (χ0v) is 8.58. The number of terminal acetylenes is 1. The van der Waals surface area contributed by atoms with Crippen LogP contribution in [0.3, 0.4) is 0 Å². The average Bonchev–Trinajstić information content (AvgIpc) is 2.28. The van der Waals surface area contributed by atoms with Crippen molar-refractivity contribution in [2.75, 3.05) is 13.7 Å². The summed E-state index contributed by atoms with van der Waals surface area (Å²) in [5, 5.41) is 0. The van der Waals surface area contributed by atoms with E-state index in [2.05, 4.69) is 5.92 Å². The third-order valence-electron chi connectivity index (χ3n) is 2.48. The highest BCUT2D eigenvalue weighted by molar-refractivity contribution is 5.37. The largest absolute Gasteiger partial charge is 0.372 e. The second-order valence-electron chi connectivity index (χ2n) is 3.36. The smallest absolute Gasteiger partial charge is 0.102 e. The molecule has 1 aromatic rings. The predicted molar refractivity (Wildman–Crippen MR) is 57.8 cm³/mol. The molecule has 0 heterocycles. The number of hydrogen-bond acceptors (Lipinski definition) is 2. The summed E-state index contributed by atoms with van der Waals surface area (Å²) in [6, 6.07) is 7.70. The predicted octanol–water partition coefficient (Wildman–Crippen LogP) is 1.49. The van der Waals surface area contributed by atoms with Gasteiger partial charge in [-0.05, 0) is 24.6 Å². The number of nitrogens with two attached hydrogens (primary N) is 1. The van der Waals surface area contributed by atoms with Gasteiger partial charge in [-0.25, -0.2) is 0 Å². The van der Waals surface area contributed by atoms with Gasteiger partial charge in [0.05, 0.1) is 0 Å². The van der Waals surface area contributed by atoms with E-state index in [4.69, 9.17) is 16.9 Å². The van der Waals surface area contributed by atoms with Crippen LogP contribution in [-0.2, 0) is 10.3 Å². The summed E-state index contributed by atoms with van der Waals surface area (Å²) in [4.78, 5) is 0. The molecule has 0 spiro atoms. The van der Waals surface area contributed by atoms with Gasteiger partial charge in [-0.1, -0.05) is 18.1 Å². The molecule has 74 valence electrons. The van der Waals surface area contributed by atoms with Crippen molar-refractivity contribution in [1.29, 1.82) is 0 Å². The first kappa shape index (κ1) is 10.8. The van der Waals surface area contributed by atoms with Crippen molar-refractivity contribution in [2.45, 2.75) is 12.5 Å². The minimum absolute atomic E-state index is 0.428. The van der Waals surface area contributed by atoms with Crippen LogP contribution in [0.5, 0.6) is 0 Å². The Morgan fingerprint density at radius 1 is 1.57 bits per heavy atom. The summed E-state index contributed by atoms with van der Waals surface area (Å²) >= 11 is 0. The van der Waals surface area contributed by atoms with Gasteiger partial charge in [-0.3, -0.25) is 0 Å². The number of methoxy groups -OCH3 is 1. The molecule has 0 saturated carbocycles. The fraction of sp³-hybridized carbons (Fsp3) is 0.333. The third kappa shape index (κ3) is 1.95. The number of ether oxygens (including phenoxy) is 1. The zero-order valence-electron chi connectivity index (χ0n) is 8.58. The van der Waals surface area contributed by atoms with Crippen LogP contribution in [-0.4, -0.2) is 13.7 Å². The van der Waals surface area contributed by atoms with E-state index < -0.39 is 5.60 Å². The van der Waals surface area contributed by atoms with Crippen molar-refractivity contribution < 1.29 is 4.74 Å². The van der Waals surface area contributed by atoms with Gasteiger partial charge >= 0.3 is 0 Å². The van der Waals surface area contributed by atoms with Crippen LogP contribution in [0.15, 0.2) is 24.3 Å². The van der Waals surface area contributed by atoms with E-state index in [1.807, 2.05) is 31.2 Å². The quantitative estimate of drug-likeness (QED) is 0.731. The topological polar surface area (TPSA) is 35.2 Å². The Kier molecular flexibility index (Phi) is 3.29. The molecule has 0 bridgehead atoms. The average molecular weight is 189 g/mol. The standard InChI is InChI=1S/C12H15NO/c1-4-10-6-5-7-11(8-10)12(2,9-13)14-3/h1,5-8H,9,13H2,2-3H3. The molecule has 2 nitrogen and oxygen atoms in total. The Hall–Kier alpha value is -1.30. The third-order valence-corrected chi connectivity index (χ3v) is 2.48. The van der Waals surface area contributed by atoms with E-state index in [1.165, 1.54) is 0 Å². The fourth-order valence-corrected chi connectivity index (χ4v) is 1.26. The van der Waals surface area contributed by atoms with Crippen molar-refractivity contribution in [3.05, 3.63) is 35.4 Å². The molecule has 0 aliphatic heterocycles. The van der Waals surface area contributed by atoms with Crippen molar-refractivity contribution in [3.8, 4) is 12.3 Å². The summed E-state index contributed by atoms with van der Waals surface area (Å²) in [6.07, 6.45) is 5.32. The number of benzene rings is 1. The lowest BCUT2D eigenvalue weighted by molar-refractivity contribution is 0.0101. The van der Waals surface area contributed by atoms with E-state index in [-0.39, 0.29) is 0 Å². The summed E-state index contributed by atoms with van der Waals surface area (Å²) < 4.78 is 5.38. The summed E-state index contributed by atoms with van der Waals surface area (Å²) in [6.45, 7) is 2.38. The Morgan fingerprint density at radius 3 is 2.79 bits per heavy atom. The van der Waals surface area contributed by atoms with Gasteiger partial charge in [-0.15, -0.1) is 6.42 Å². The molecule has 1 aromatic carbocycles. The molecule has 0 aliphatic carbocycles.